The third kappa shape index (κ3) is 3.42. The summed E-state index contributed by atoms with van der Waals surface area (Å²) in [5.74, 6) is -1.16. The number of hydrogen-bond donors (Lipinski definition) is 2. The second-order valence-corrected chi connectivity index (χ2v) is 3.82. The molecule has 1 aromatic rings. The van der Waals surface area contributed by atoms with Crippen molar-refractivity contribution in [2.24, 2.45) is 5.73 Å². The average Bonchev–Trinajstić information content (AvgIpc) is 2.26. The molecule has 94 valence electrons. The van der Waals surface area contributed by atoms with Crippen LogP contribution in [0.3, 0.4) is 0 Å². The Labute approximate surface area is 99.2 Å². The van der Waals surface area contributed by atoms with Gasteiger partial charge in [-0.25, -0.2) is 9.18 Å². The number of carboxylic acids is 1. The second kappa shape index (κ2) is 5.63. The molecule has 0 saturated carbocycles. The first-order chi connectivity index (χ1) is 7.95. The van der Waals surface area contributed by atoms with E-state index in [1.807, 2.05) is 0 Å². The Kier molecular flexibility index (Phi) is 4.45. The van der Waals surface area contributed by atoms with Crippen molar-refractivity contribution in [3.63, 3.8) is 0 Å². The van der Waals surface area contributed by atoms with Gasteiger partial charge in [-0.3, -0.25) is 0 Å². The zero-order valence-corrected chi connectivity index (χ0v) is 9.81. The summed E-state index contributed by atoms with van der Waals surface area (Å²) >= 11 is 0. The number of ether oxygens (including phenoxy) is 1. The standard InChI is InChI=1S/C12H16FNO3/c1-3-10(12(15)16)17-11-5-4-8(13)6-9(11)7(2)14/h4-7,10H,3,14H2,1-2H3,(H,15,16)/t7-,10?/m0/s1. The highest BCUT2D eigenvalue weighted by Crippen LogP contribution is 2.26. The summed E-state index contributed by atoms with van der Waals surface area (Å²) in [5.41, 5.74) is 6.15. The minimum Gasteiger partial charge on any atom is -0.479 e. The van der Waals surface area contributed by atoms with Gasteiger partial charge < -0.3 is 15.6 Å². The molecule has 1 unspecified atom stereocenters. The molecule has 0 heterocycles. The van der Waals surface area contributed by atoms with Gasteiger partial charge in [-0.05, 0) is 31.5 Å². The lowest BCUT2D eigenvalue weighted by molar-refractivity contribution is -0.145. The van der Waals surface area contributed by atoms with Gasteiger partial charge in [0.2, 0.25) is 0 Å². The van der Waals surface area contributed by atoms with Crippen LogP contribution in [-0.4, -0.2) is 17.2 Å². The number of aliphatic carboxylic acids is 1. The van der Waals surface area contributed by atoms with Crippen molar-refractivity contribution in [3.05, 3.63) is 29.6 Å². The normalized spacial score (nSPS) is 14.1. The molecule has 0 fully saturated rings. The van der Waals surface area contributed by atoms with Crippen LogP contribution in [0, 0.1) is 5.82 Å². The van der Waals surface area contributed by atoms with E-state index >= 15 is 0 Å². The van der Waals surface area contributed by atoms with Gasteiger partial charge in [0.1, 0.15) is 11.6 Å². The van der Waals surface area contributed by atoms with Gasteiger partial charge in [-0.2, -0.15) is 0 Å². The Balaban J connectivity index is 3.01. The molecule has 0 bridgehead atoms. The van der Waals surface area contributed by atoms with Crippen molar-refractivity contribution in [3.8, 4) is 5.75 Å². The summed E-state index contributed by atoms with van der Waals surface area (Å²) in [4.78, 5) is 10.9. The quantitative estimate of drug-likeness (QED) is 0.827. The van der Waals surface area contributed by atoms with Gasteiger partial charge in [0.15, 0.2) is 6.10 Å². The largest absolute Gasteiger partial charge is 0.479 e. The van der Waals surface area contributed by atoms with E-state index in [1.54, 1.807) is 13.8 Å². The number of carboxylic acid groups (broad SMARTS) is 1. The maximum Gasteiger partial charge on any atom is 0.344 e. The van der Waals surface area contributed by atoms with Gasteiger partial charge in [0.25, 0.3) is 0 Å². The predicted molar refractivity (Wildman–Crippen MR) is 61.3 cm³/mol. The molecule has 0 aromatic heterocycles. The fraction of sp³-hybridized carbons (Fsp3) is 0.417. The van der Waals surface area contributed by atoms with Crippen LogP contribution in [-0.2, 0) is 4.79 Å². The maximum atomic E-state index is 13.1. The van der Waals surface area contributed by atoms with Crippen LogP contribution in [0.1, 0.15) is 31.9 Å². The van der Waals surface area contributed by atoms with Crippen molar-refractivity contribution in [2.45, 2.75) is 32.4 Å². The van der Waals surface area contributed by atoms with Crippen molar-refractivity contribution < 1.29 is 19.0 Å². The lowest BCUT2D eigenvalue weighted by Crippen LogP contribution is -2.26. The van der Waals surface area contributed by atoms with Crippen LogP contribution in [0.15, 0.2) is 18.2 Å². The summed E-state index contributed by atoms with van der Waals surface area (Å²) in [6.45, 7) is 3.39. The van der Waals surface area contributed by atoms with Crippen molar-refractivity contribution in [1.29, 1.82) is 0 Å². The number of nitrogens with two attached hydrogens (primary N) is 1. The van der Waals surface area contributed by atoms with E-state index in [1.165, 1.54) is 18.2 Å². The summed E-state index contributed by atoms with van der Waals surface area (Å²) in [6, 6.07) is 3.45. The van der Waals surface area contributed by atoms with Gasteiger partial charge in [0, 0.05) is 11.6 Å². The van der Waals surface area contributed by atoms with Crippen molar-refractivity contribution >= 4 is 5.97 Å². The van der Waals surface area contributed by atoms with E-state index in [4.69, 9.17) is 15.6 Å². The molecule has 0 saturated heterocycles. The molecule has 1 aromatic carbocycles. The van der Waals surface area contributed by atoms with Crippen LogP contribution >= 0.6 is 0 Å². The molecule has 5 heteroatoms. The topological polar surface area (TPSA) is 72.5 Å². The fourth-order valence-corrected chi connectivity index (χ4v) is 1.44. The highest BCUT2D eigenvalue weighted by Gasteiger charge is 2.19. The van der Waals surface area contributed by atoms with Crippen molar-refractivity contribution in [2.75, 3.05) is 0 Å². The zero-order chi connectivity index (χ0) is 13.0. The third-order valence-corrected chi connectivity index (χ3v) is 2.38. The maximum absolute atomic E-state index is 13.1. The van der Waals surface area contributed by atoms with Gasteiger partial charge >= 0.3 is 5.97 Å². The van der Waals surface area contributed by atoms with E-state index < -0.39 is 23.9 Å². The van der Waals surface area contributed by atoms with Gasteiger partial charge in [-0.1, -0.05) is 6.92 Å². The Morgan fingerprint density at radius 2 is 2.24 bits per heavy atom. The summed E-state index contributed by atoms with van der Waals surface area (Å²) < 4.78 is 18.4. The SMILES string of the molecule is CCC(Oc1ccc(F)cc1[C@H](C)N)C(=O)O. The third-order valence-electron chi connectivity index (χ3n) is 2.38. The second-order valence-electron chi connectivity index (χ2n) is 3.82. The number of hydrogen-bond acceptors (Lipinski definition) is 3. The Hall–Kier alpha value is -1.62. The zero-order valence-electron chi connectivity index (χ0n) is 9.81. The minimum absolute atomic E-state index is 0.315. The lowest BCUT2D eigenvalue weighted by atomic mass is 10.1. The molecule has 0 aliphatic heterocycles. The number of carbonyl (C=O) groups is 1. The molecule has 0 aliphatic carbocycles. The summed E-state index contributed by atoms with van der Waals surface area (Å²) in [5, 5.41) is 8.89. The van der Waals surface area contributed by atoms with Gasteiger partial charge in [-0.15, -0.1) is 0 Å². The first-order valence-electron chi connectivity index (χ1n) is 5.40. The number of benzene rings is 1. The number of rotatable bonds is 5. The molecule has 0 radical (unpaired) electrons. The van der Waals surface area contributed by atoms with E-state index in [0.29, 0.717) is 17.7 Å². The summed E-state index contributed by atoms with van der Waals surface area (Å²) in [7, 11) is 0. The molecular formula is C12H16FNO3. The van der Waals surface area contributed by atoms with E-state index in [9.17, 15) is 9.18 Å². The van der Waals surface area contributed by atoms with Crippen LogP contribution in [0.5, 0.6) is 5.75 Å². The molecule has 0 aliphatic rings. The Bertz CT molecular complexity index is 407. The first kappa shape index (κ1) is 13.4. The van der Waals surface area contributed by atoms with Crippen LogP contribution in [0.25, 0.3) is 0 Å². The molecular weight excluding hydrogens is 225 g/mol. The predicted octanol–water partition coefficient (Wildman–Crippen LogP) is 2.09. The number of halogens is 1. The first-order valence-corrected chi connectivity index (χ1v) is 5.40. The van der Waals surface area contributed by atoms with E-state index in [-0.39, 0.29) is 0 Å². The molecule has 1 rings (SSSR count). The highest BCUT2D eigenvalue weighted by molar-refractivity contribution is 5.72. The smallest absolute Gasteiger partial charge is 0.344 e. The minimum atomic E-state index is -1.05. The van der Waals surface area contributed by atoms with Crippen molar-refractivity contribution in [1.82, 2.24) is 0 Å². The monoisotopic (exact) mass is 241 g/mol. The highest BCUT2D eigenvalue weighted by atomic mass is 19.1. The summed E-state index contributed by atoms with van der Waals surface area (Å²) in [6.07, 6.45) is -0.622. The Morgan fingerprint density at radius 3 is 2.71 bits per heavy atom. The molecule has 3 N–H and O–H groups in total. The van der Waals surface area contributed by atoms with Crippen LogP contribution in [0.4, 0.5) is 4.39 Å². The average molecular weight is 241 g/mol. The molecule has 17 heavy (non-hydrogen) atoms. The molecule has 2 atom stereocenters. The fourth-order valence-electron chi connectivity index (χ4n) is 1.44. The Morgan fingerprint density at radius 1 is 1.59 bits per heavy atom. The van der Waals surface area contributed by atoms with E-state index in [2.05, 4.69) is 0 Å². The lowest BCUT2D eigenvalue weighted by Gasteiger charge is -2.18. The van der Waals surface area contributed by atoms with Gasteiger partial charge in [0.05, 0.1) is 0 Å². The molecule has 0 spiro atoms. The van der Waals surface area contributed by atoms with Crippen LogP contribution < -0.4 is 10.5 Å². The molecule has 0 amide bonds. The molecule has 4 nitrogen and oxygen atoms in total. The van der Waals surface area contributed by atoms with Crippen LogP contribution in [0.2, 0.25) is 0 Å². The van der Waals surface area contributed by atoms with E-state index in [0.717, 1.165) is 0 Å².